The van der Waals surface area contributed by atoms with Crippen LogP contribution in [0.4, 0.5) is 0 Å². The number of nitrogens with zero attached hydrogens (tertiary/aromatic N) is 3. The van der Waals surface area contributed by atoms with E-state index in [0.29, 0.717) is 19.0 Å². The summed E-state index contributed by atoms with van der Waals surface area (Å²) in [5.74, 6) is 0.624. The van der Waals surface area contributed by atoms with E-state index in [9.17, 15) is 4.79 Å². The second kappa shape index (κ2) is 7.59. The lowest BCUT2D eigenvalue weighted by atomic mass is 9.98. The van der Waals surface area contributed by atoms with Crippen molar-refractivity contribution in [3.8, 4) is 17.0 Å². The lowest BCUT2D eigenvalue weighted by Crippen LogP contribution is -2.26. The predicted octanol–water partition coefficient (Wildman–Crippen LogP) is 4.50. The number of ether oxygens (including phenoxy) is 1. The fourth-order valence-electron chi connectivity index (χ4n) is 4.00. The lowest BCUT2D eigenvalue weighted by Gasteiger charge is -2.15. The Hall–Kier alpha value is -3.73. The van der Waals surface area contributed by atoms with Crippen molar-refractivity contribution in [3.63, 3.8) is 0 Å². The molecule has 0 spiro atoms. The minimum absolute atomic E-state index is 0.0669. The number of carbonyl (C=O) groups is 1. The van der Waals surface area contributed by atoms with Crippen LogP contribution >= 0.6 is 0 Å². The van der Waals surface area contributed by atoms with Crippen molar-refractivity contribution in [1.82, 2.24) is 14.9 Å². The number of pyridine rings is 2. The van der Waals surface area contributed by atoms with Crippen LogP contribution in [-0.2, 0) is 13.0 Å². The van der Waals surface area contributed by atoms with Gasteiger partial charge in [0.25, 0.3) is 5.91 Å². The molecule has 5 heteroatoms. The van der Waals surface area contributed by atoms with E-state index in [1.54, 1.807) is 13.3 Å². The van der Waals surface area contributed by atoms with E-state index in [1.165, 1.54) is 0 Å². The van der Waals surface area contributed by atoms with Gasteiger partial charge in [0.15, 0.2) is 0 Å². The quantitative estimate of drug-likeness (QED) is 0.499. The van der Waals surface area contributed by atoms with Gasteiger partial charge in [-0.3, -0.25) is 9.78 Å². The average Bonchev–Trinajstić information content (AvgIpc) is 3.13. The van der Waals surface area contributed by atoms with Gasteiger partial charge in [-0.25, -0.2) is 4.98 Å². The molecule has 5 rings (SSSR count). The summed E-state index contributed by atoms with van der Waals surface area (Å²) in [6, 6.07) is 22.0. The van der Waals surface area contributed by atoms with E-state index >= 15 is 0 Å². The molecule has 0 aliphatic carbocycles. The molecule has 2 aromatic carbocycles. The Morgan fingerprint density at radius 1 is 1.00 bits per heavy atom. The van der Waals surface area contributed by atoms with Crippen LogP contribution in [0.5, 0.6) is 5.88 Å². The number of rotatable bonds is 5. The van der Waals surface area contributed by atoms with Crippen molar-refractivity contribution in [3.05, 3.63) is 89.7 Å². The van der Waals surface area contributed by atoms with Gasteiger partial charge < -0.3 is 9.64 Å². The minimum atomic E-state index is 0.0669. The van der Waals surface area contributed by atoms with Crippen LogP contribution in [0.3, 0.4) is 0 Å². The number of amides is 1. The van der Waals surface area contributed by atoms with E-state index in [4.69, 9.17) is 9.72 Å². The summed E-state index contributed by atoms with van der Waals surface area (Å²) in [4.78, 5) is 24.1. The van der Waals surface area contributed by atoms with Gasteiger partial charge in [-0.05, 0) is 29.3 Å². The summed E-state index contributed by atoms with van der Waals surface area (Å²) < 4.78 is 5.14. The second-order valence-corrected chi connectivity index (χ2v) is 7.40. The molecular formula is C25H21N3O2. The maximum atomic E-state index is 13.2. The predicted molar refractivity (Wildman–Crippen MR) is 116 cm³/mol. The van der Waals surface area contributed by atoms with Crippen molar-refractivity contribution < 1.29 is 9.53 Å². The van der Waals surface area contributed by atoms with Crippen LogP contribution in [0.1, 0.15) is 21.6 Å². The van der Waals surface area contributed by atoms with Crippen molar-refractivity contribution in [2.24, 2.45) is 0 Å². The molecular weight excluding hydrogens is 374 g/mol. The van der Waals surface area contributed by atoms with Crippen LogP contribution < -0.4 is 4.74 Å². The fourth-order valence-corrected chi connectivity index (χ4v) is 4.00. The van der Waals surface area contributed by atoms with Crippen LogP contribution in [0, 0.1) is 0 Å². The largest absolute Gasteiger partial charge is 0.481 e. The number of hydrogen-bond donors (Lipinski definition) is 0. The summed E-state index contributed by atoms with van der Waals surface area (Å²) in [5.41, 5.74) is 5.64. The first kappa shape index (κ1) is 18.3. The van der Waals surface area contributed by atoms with Crippen molar-refractivity contribution in [2.75, 3.05) is 13.7 Å². The zero-order valence-electron chi connectivity index (χ0n) is 16.7. The first-order valence-electron chi connectivity index (χ1n) is 9.99. The van der Waals surface area contributed by atoms with Gasteiger partial charge in [0.05, 0.1) is 18.2 Å². The smallest absolute Gasteiger partial charge is 0.255 e. The highest BCUT2D eigenvalue weighted by molar-refractivity contribution is 6.04. The molecule has 0 atom stereocenters. The highest BCUT2D eigenvalue weighted by Crippen LogP contribution is 2.33. The monoisotopic (exact) mass is 395 g/mol. The van der Waals surface area contributed by atoms with Crippen molar-refractivity contribution >= 4 is 16.8 Å². The number of hydrogen-bond acceptors (Lipinski definition) is 4. The van der Waals surface area contributed by atoms with E-state index in [1.807, 2.05) is 59.5 Å². The summed E-state index contributed by atoms with van der Waals surface area (Å²) >= 11 is 0. The first-order valence-corrected chi connectivity index (χ1v) is 9.99. The van der Waals surface area contributed by atoms with Gasteiger partial charge in [-0.1, -0.05) is 42.5 Å². The Morgan fingerprint density at radius 3 is 2.73 bits per heavy atom. The molecule has 1 aliphatic heterocycles. The molecule has 0 saturated carbocycles. The van der Waals surface area contributed by atoms with Crippen molar-refractivity contribution in [1.29, 1.82) is 0 Å². The van der Waals surface area contributed by atoms with E-state index < -0.39 is 0 Å². The standard InChI is InChI=1S/C25H21N3O2/c1-30-23-12-10-18(15-26-23)21-7-4-6-19-16-28(25(29)24(19)21)14-13-20-11-9-17-5-2-3-8-22(17)27-20/h2-12,15H,13-14,16H2,1H3. The van der Waals surface area contributed by atoms with Crippen LogP contribution in [0.25, 0.3) is 22.0 Å². The highest BCUT2D eigenvalue weighted by atomic mass is 16.5. The Morgan fingerprint density at radius 2 is 1.90 bits per heavy atom. The summed E-state index contributed by atoms with van der Waals surface area (Å²) in [6.45, 7) is 1.26. The number of aromatic nitrogens is 2. The molecule has 1 aliphatic rings. The maximum absolute atomic E-state index is 13.2. The Bertz CT molecular complexity index is 1230. The van der Waals surface area contributed by atoms with Gasteiger partial charge in [-0.15, -0.1) is 0 Å². The molecule has 5 nitrogen and oxygen atoms in total. The molecule has 1 amide bonds. The SMILES string of the molecule is COc1ccc(-c2cccc3c2C(=O)N(CCc2ccc4ccccc4n2)C3)cn1. The molecule has 0 bridgehead atoms. The molecule has 0 fully saturated rings. The summed E-state index contributed by atoms with van der Waals surface area (Å²) in [7, 11) is 1.59. The minimum Gasteiger partial charge on any atom is -0.481 e. The second-order valence-electron chi connectivity index (χ2n) is 7.40. The molecule has 0 radical (unpaired) electrons. The number of methoxy groups -OCH3 is 1. The van der Waals surface area contributed by atoms with Crippen LogP contribution in [-0.4, -0.2) is 34.4 Å². The number of para-hydroxylation sites is 1. The number of fused-ring (bicyclic) bond motifs is 2. The van der Waals surface area contributed by atoms with Gasteiger partial charge >= 0.3 is 0 Å². The van der Waals surface area contributed by atoms with E-state index in [0.717, 1.165) is 45.3 Å². The Kier molecular flexibility index (Phi) is 4.64. The zero-order chi connectivity index (χ0) is 20.5. The van der Waals surface area contributed by atoms with Gasteiger partial charge in [0, 0.05) is 48.4 Å². The van der Waals surface area contributed by atoms with E-state index in [2.05, 4.69) is 17.1 Å². The van der Waals surface area contributed by atoms with Crippen molar-refractivity contribution in [2.45, 2.75) is 13.0 Å². The van der Waals surface area contributed by atoms with E-state index in [-0.39, 0.29) is 5.91 Å². The third-order valence-corrected chi connectivity index (χ3v) is 5.56. The third-order valence-electron chi connectivity index (χ3n) is 5.56. The topological polar surface area (TPSA) is 55.3 Å². The van der Waals surface area contributed by atoms with Crippen LogP contribution in [0.2, 0.25) is 0 Å². The maximum Gasteiger partial charge on any atom is 0.255 e. The summed E-state index contributed by atoms with van der Waals surface area (Å²) in [6.07, 6.45) is 2.48. The highest BCUT2D eigenvalue weighted by Gasteiger charge is 2.30. The van der Waals surface area contributed by atoms with Gasteiger partial charge in [0.1, 0.15) is 0 Å². The summed E-state index contributed by atoms with van der Waals surface area (Å²) in [5, 5.41) is 1.13. The number of benzene rings is 2. The zero-order valence-corrected chi connectivity index (χ0v) is 16.7. The fraction of sp³-hybridized carbons (Fsp3) is 0.160. The van der Waals surface area contributed by atoms with Gasteiger partial charge in [0.2, 0.25) is 5.88 Å². The Balaban J connectivity index is 1.37. The molecule has 3 heterocycles. The molecule has 0 unspecified atom stereocenters. The number of carbonyl (C=O) groups excluding carboxylic acids is 1. The average molecular weight is 395 g/mol. The molecule has 2 aromatic heterocycles. The normalized spacial score (nSPS) is 13.0. The third kappa shape index (κ3) is 3.28. The molecule has 30 heavy (non-hydrogen) atoms. The first-order chi connectivity index (χ1) is 14.7. The Labute approximate surface area is 175 Å². The molecule has 148 valence electrons. The van der Waals surface area contributed by atoms with Gasteiger partial charge in [-0.2, -0.15) is 0 Å². The lowest BCUT2D eigenvalue weighted by molar-refractivity contribution is 0.0780. The molecule has 0 saturated heterocycles. The molecule has 0 N–H and O–H groups in total. The van der Waals surface area contributed by atoms with Crippen LogP contribution in [0.15, 0.2) is 72.9 Å². The molecule has 4 aromatic rings.